The maximum atomic E-state index is 12.2. The van der Waals surface area contributed by atoms with Crippen LogP contribution in [0.1, 0.15) is 5.56 Å². The average molecular weight is 241 g/mol. The third kappa shape index (κ3) is 1.98. The van der Waals surface area contributed by atoms with E-state index in [4.69, 9.17) is 4.74 Å². The lowest BCUT2D eigenvalue weighted by atomic mass is 10.2. The molecule has 1 aromatic rings. The largest absolute Gasteiger partial charge is 0.379 e. The molecule has 1 aromatic carbocycles. The summed E-state index contributed by atoms with van der Waals surface area (Å²) in [5.74, 6) is 0. The maximum Gasteiger partial charge on any atom is 0.186 e. The molecule has 1 aliphatic heterocycles. The van der Waals surface area contributed by atoms with Gasteiger partial charge in [0.15, 0.2) is 9.84 Å². The van der Waals surface area contributed by atoms with Gasteiger partial charge in [-0.3, -0.25) is 0 Å². The summed E-state index contributed by atoms with van der Waals surface area (Å²) in [7, 11) is -1.42. The molecule has 0 saturated carbocycles. The minimum atomic E-state index is -3.22. The van der Waals surface area contributed by atoms with Gasteiger partial charge in [-0.25, -0.2) is 8.42 Å². The molecule has 0 atom stereocenters. The van der Waals surface area contributed by atoms with Crippen molar-refractivity contribution in [1.29, 1.82) is 0 Å². The van der Waals surface area contributed by atoms with Crippen LogP contribution in [0, 0.1) is 0 Å². The first kappa shape index (κ1) is 11.6. The van der Waals surface area contributed by atoms with Crippen molar-refractivity contribution < 1.29 is 13.2 Å². The Bertz CT molecular complexity index is 466. The molecule has 1 saturated heterocycles. The van der Waals surface area contributed by atoms with Crippen molar-refractivity contribution in [2.24, 2.45) is 0 Å². The first-order valence-electron chi connectivity index (χ1n) is 5.20. The fourth-order valence-corrected chi connectivity index (χ4v) is 3.37. The zero-order valence-electron chi connectivity index (χ0n) is 9.14. The minimum Gasteiger partial charge on any atom is -0.379 e. The van der Waals surface area contributed by atoms with E-state index in [-0.39, 0.29) is 5.25 Å². The van der Waals surface area contributed by atoms with E-state index in [9.17, 15) is 8.42 Å². The molecular formula is C11H15NO3S. The highest BCUT2D eigenvalue weighted by Gasteiger charge is 2.34. The van der Waals surface area contributed by atoms with Gasteiger partial charge in [0, 0.05) is 6.54 Å². The van der Waals surface area contributed by atoms with Gasteiger partial charge in [0.1, 0.15) is 5.25 Å². The van der Waals surface area contributed by atoms with Crippen molar-refractivity contribution in [3.05, 3.63) is 29.8 Å². The standard InChI is InChI=1S/C11H15NO3S/c1-12-6-9-4-2-3-5-11(9)16(13,14)10-7-15-8-10/h2-5,10,12H,6-8H2,1H3. The van der Waals surface area contributed by atoms with Crippen LogP contribution in [-0.2, 0) is 21.1 Å². The first-order chi connectivity index (χ1) is 7.66. The lowest BCUT2D eigenvalue weighted by Crippen LogP contribution is -2.41. The van der Waals surface area contributed by atoms with Gasteiger partial charge >= 0.3 is 0 Å². The van der Waals surface area contributed by atoms with Crippen LogP contribution in [0.5, 0.6) is 0 Å². The molecular weight excluding hydrogens is 226 g/mol. The molecule has 5 heteroatoms. The third-order valence-corrected chi connectivity index (χ3v) is 4.85. The molecule has 0 amide bonds. The molecule has 4 nitrogen and oxygen atoms in total. The van der Waals surface area contributed by atoms with Crippen molar-refractivity contribution >= 4 is 9.84 Å². The Hall–Kier alpha value is -0.910. The van der Waals surface area contributed by atoms with Gasteiger partial charge < -0.3 is 10.1 Å². The van der Waals surface area contributed by atoms with Crippen molar-refractivity contribution in [2.75, 3.05) is 20.3 Å². The Labute approximate surface area is 95.5 Å². The summed E-state index contributed by atoms with van der Waals surface area (Å²) in [6, 6.07) is 7.11. The number of hydrogen-bond donors (Lipinski definition) is 1. The first-order valence-corrected chi connectivity index (χ1v) is 6.75. The Balaban J connectivity index is 2.38. The summed E-state index contributed by atoms with van der Waals surface area (Å²) in [4.78, 5) is 0.428. The van der Waals surface area contributed by atoms with E-state index in [0.29, 0.717) is 24.7 Å². The van der Waals surface area contributed by atoms with Crippen molar-refractivity contribution in [3.63, 3.8) is 0 Å². The number of hydrogen-bond acceptors (Lipinski definition) is 4. The summed E-state index contributed by atoms with van der Waals surface area (Å²) in [6.45, 7) is 1.19. The predicted octanol–water partition coefficient (Wildman–Crippen LogP) is 0.579. The van der Waals surface area contributed by atoms with Crippen LogP contribution in [0.3, 0.4) is 0 Å². The quantitative estimate of drug-likeness (QED) is 0.837. The van der Waals surface area contributed by atoms with Crippen LogP contribution < -0.4 is 5.32 Å². The van der Waals surface area contributed by atoms with Gasteiger partial charge in [-0.2, -0.15) is 0 Å². The molecule has 0 aromatic heterocycles. The zero-order valence-corrected chi connectivity index (χ0v) is 9.96. The Morgan fingerprint density at radius 1 is 1.38 bits per heavy atom. The second-order valence-electron chi connectivity index (χ2n) is 3.84. The molecule has 1 aliphatic rings. The molecule has 1 N–H and O–H groups in total. The van der Waals surface area contributed by atoms with Crippen molar-refractivity contribution in [3.8, 4) is 0 Å². The van der Waals surface area contributed by atoms with Crippen LogP contribution in [0.25, 0.3) is 0 Å². The van der Waals surface area contributed by atoms with Gasteiger partial charge in [0.2, 0.25) is 0 Å². The molecule has 1 fully saturated rings. The van der Waals surface area contributed by atoms with E-state index in [0.717, 1.165) is 5.56 Å². The molecule has 0 aliphatic carbocycles. The normalized spacial score (nSPS) is 17.1. The van der Waals surface area contributed by atoms with Crippen LogP contribution >= 0.6 is 0 Å². The molecule has 1 heterocycles. The molecule has 88 valence electrons. The molecule has 0 unspecified atom stereocenters. The van der Waals surface area contributed by atoms with Crippen LogP contribution in [-0.4, -0.2) is 33.9 Å². The van der Waals surface area contributed by atoms with E-state index < -0.39 is 9.84 Å². The van der Waals surface area contributed by atoms with E-state index in [1.807, 2.05) is 12.1 Å². The number of rotatable bonds is 4. The third-order valence-electron chi connectivity index (χ3n) is 2.69. The maximum absolute atomic E-state index is 12.2. The smallest absolute Gasteiger partial charge is 0.186 e. The van der Waals surface area contributed by atoms with E-state index >= 15 is 0 Å². The van der Waals surface area contributed by atoms with Gasteiger partial charge in [-0.05, 0) is 18.7 Å². The summed E-state index contributed by atoms with van der Waals surface area (Å²) in [5.41, 5.74) is 0.817. The molecule has 2 rings (SSSR count). The molecule has 16 heavy (non-hydrogen) atoms. The fraction of sp³-hybridized carbons (Fsp3) is 0.455. The Morgan fingerprint density at radius 2 is 2.06 bits per heavy atom. The summed E-state index contributed by atoms with van der Waals surface area (Å²) >= 11 is 0. The van der Waals surface area contributed by atoms with Gasteiger partial charge in [-0.15, -0.1) is 0 Å². The predicted molar refractivity (Wildman–Crippen MR) is 61.0 cm³/mol. The summed E-state index contributed by atoms with van der Waals surface area (Å²) < 4.78 is 29.4. The van der Waals surface area contributed by atoms with E-state index in [1.165, 1.54) is 0 Å². The van der Waals surface area contributed by atoms with Crippen LogP contribution in [0.4, 0.5) is 0 Å². The lowest BCUT2D eigenvalue weighted by molar-refractivity contribution is 0.0416. The van der Waals surface area contributed by atoms with Crippen LogP contribution in [0.15, 0.2) is 29.2 Å². The van der Waals surface area contributed by atoms with Crippen LogP contribution in [0.2, 0.25) is 0 Å². The number of sulfone groups is 1. The molecule has 0 radical (unpaired) electrons. The fourth-order valence-electron chi connectivity index (χ4n) is 1.69. The highest BCUT2D eigenvalue weighted by molar-refractivity contribution is 7.92. The lowest BCUT2D eigenvalue weighted by Gasteiger charge is -2.26. The summed E-state index contributed by atoms with van der Waals surface area (Å²) in [5, 5.41) is 2.61. The van der Waals surface area contributed by atoms with Crippen molar-refractivity contribution in [2.45, 2.75) is 16.7 Å². The van der Waals surface area contributed by atoms with Gasteiger partial charge in [0.25, 0.3) is 0 Å². The minimum absolute atomic E-state index is 0.316. The monoisotopic (exact) mass is 241 g/mol. The highest BCUT2D eigenvalue weighted by atomic mass is 32.2. The molecule has 0 spiro atoms. The van der Waals surface area contributed by atoms with Gasteiger partial charge in [0.05, 0.1) is 18.1 Å². The highest BCUT2D eigenvalue weighted by Crippen LogP contribution is 2.24. The number of benzene rings is 1. The van der Waals surface area contributed by atoms with Gasteiger partial charge in [-0.1, -0.05) is 18.2 Å². The molecule has 0 bridgehead atoms. The SMILES string of the molecule is CNCc1ccccc1S(=O)(=O)C1COC1. The van der Waals surface area contributed by atoms with E-state index in [2.05, 4.69) is 5.32 Å². The number of ether oxygens (including phenoxy) is 1. The second kappa shape index (κ2) is 4.53. The second-order valence-corrected chi connectivity index (χ2v) is 6.04. The topological polar surface area (TPSA) is 55.4 Å². The number of nitrogens with one attached hydrogen (secondary N) is 1. The zero-order chi connectivity index (χ0) is 11.6. The average Bonchev–Trinajstić information content (AvgIpc) is 2.15. The van der Waals surface area contributed by atoms with E-state index in [1.54, 1.807) is 19.2 Å². The summed E-state index contributed by atoms with van der Waals surface area (Å²) in [6.07, 6.45) is 0. The van der Waals surface area contributed by atoms with Crippen molar-refractivity contribution in [1.82, 2.24) is 5.32 Å². The Kier molecular flexibility index (Phi) is 3.28. The Morgan fingerprint density at radius 3 is 2.62 bits per heavy atom.